The molecule has 4 N–H and O–H groups in total. The fourth-order valence-electron chi connectivity index (χ4n) is 5.11. The lowest BCUT2D eigenvalue weighted by atomic mass is 9.95. The Labute approximate surface area is 298 Å². The van der Waals surface area contributed by atoms with Crippen LogP contribution in [0.5, 0.6) is 5.75 Å². The molecule has 0 aliphatic carbocycles. The van der Waals surface area contributed by atoms with E-state index in [4.69, 9.17) is 37.9 Å². The van der Waals surface area contributed by atoms with Crippen molar-refractivity contribution in [2.45, 2.75) is 78.2 Å². The van der Waals surface area contributed by atoms with Gasteiger partial charge in [0.2, 0.25) is 0 Å². The monoisotopic (exact) mass is 771 g/mol. The number of fused-ring (bicyclic) bond motifs is 1. The van der Waals surface area contributed by atoms with Gasteiger partial charge >= 0.3 is 33.5 Å². The fourth-order valence-corrected chi connectivity index (χ4v) is 6.96. The van der Waals surface area contributed by atoms with Crippen LogP contribution in [-0.4, -0.2) is 79.4 Å². The Balaban J connectivity index is 1.84. The Bertz CT molecular complexity index is 1910. The lowest BCUT2D eigenvalue weighted by molar-refractivity contribution is -0.175. The maximum atomic E-state index is 14.3. The van der Waals surface area contributed by atoms with Crippen LogP contribution in [0.1, 0.15) is 53.3 Å². The van der Waals surface area contributed by atoms with Gasteiger partial charge in [-0.15, -0.1) is 0 Å². The van der Waals surface area contributed by atoms with Crippen LogP contribution >= 0.6 is 15.6 Å². The van der Waals surface area contributed by atoms with Gasteiger partial charge in [0.15, 0.2) is 24.4 Å². The summed E-state index contributed by atoms with van der Waals surface area (Å²) < 4.78 is 68.0. The molecule has 3 aromatic rings. The number of nitrogens with one attached hydrogen (secondary N) is 2. The van der Waals surface area contributed by atoms with Crippen molar-refractivity contribution in [3.63, 3.8) is 0 Å². The number of esters is 3. The maximum absolute atomic E-state index is 14.3. The molecule has 1 saturated heterocycles. The standard InChI is InChI=1S/C31H43N5O14P2/c1-18(2)28(37)47-25-24(22-13-14-23-27(32)33-16-35(36(22)23)17-46-52(41,42)43)49-31(6,26(25)48-29(38)19(3)4)15-45-51(40,34-20(5)30(39)44-7)50-21-11-9-8-10-12-21/h8-14,16,18-20,24-26,32H,15,17H2,1-7H3,(H,34,40)(H2,41,42,43)/t20-,24-,25-,26-,31+,51-/m0/s1. The molecule has 4 rings (SSSR count). The summed E-state index contributed by atoms with van der Waals surface area (Å²) in [4.78, 5) is 61.4. The highest BCUT2D eigenvalue weighted by Gasteiger charge is 2.59. The van der Waals surface area contributed by atoms with Gasteiger partial charge in [0.25, 0.3) is 0 Å². The number of benzene rings is 1. The van der Waals surface area contributed by atoms with Gasteiger partial charge in [0, 0.05) is 0 Å². The number of nitrogens with zero attached hydrogens (tertiary/aromatic N) is 3. The first-order valence-electron chi connectivity index (χ1n) is 16.0. The molecule has 6 atom stereocenters. The largest absolute Gasteiger partial charge is 0.471 e. The molecule has 52 heavy (non-hydrogen) atoms. The summed E-state index contributed by atoms with van der Waals surface area (Å²) in [6.45, 7) is 7.84. The van der Waals surface area contributed by atoms with Gasteiger partial charge in [-0.1, -0.05) is 45.9 Å². The van der Waals surface area contributed by atoms with Crippen molar-refractivity contribution in [1.29, 1.82) is 5.41 Å². The topological polar surface area (TPSA) is 249 Å². The average Bonchev–Trinajstić information content (AvgIpc) is 3.63. The Morgan fingerprint density at radius 2 is 1.62 bits per heavy atom. The third-order valence-electron chi connectivity index (χ3n) is 7.78. The van der Waals surface area contributed by atoms with E-state index < -0.39 is 88.6 Å². The van der Waals surface area contributed by atoms with Crippen molar-refractivity contribution in [1.82, 2.24) is 19.3 Å². The molecule has 1 fully saturated rings. The van der Waals surface area contributed by atoms with Gasteiger partial charge in [-0.05, 0) is 38.1 Å². The smallest absolute Gasteiger partial charge is 0.468 e. The zero-order valence-corrected chi connectivity index (χ0v) is 31.3. The predicted octanol–water partition coefficient (Wildman–Crippen LogP) is 3.00. The first-order valence-corrected chi connectivity index (χ1v) is 19.1. The fraction of sp³-hybridized carbons (Fsp3) is 0.516. The minimum absolute atomic E-state index is 0.124. The van der Waals surface area contributed by atoms with E-state index in [2.05, 4.69) is 10.1 Å². The van der Waals surface area contributed by atoms with Gasteiger partial charge in [-0.25, -0.2) is 23.3 Å². The first-order chi connectivity index (χ1) is 24.3. The SMILES string of the molecule is COC(=O)[C@H](C)N[P@](=O)(OC[C@@]1(C)O[C@@H](c2ccc3c(=N)ncn(COP(=O)(O)O)n23)[C@H](OC(=O)C(C)C)[C@@H]1OC(=O)C(C)C)Oc1ccccc1. The Kier molecular flexibility index (Phi) is 12.9. The van der Waals surface area contributed by atoms with Crippen LogP contribution < -0.4 is 15.1 Å². The number of phosphoric acid groups is 1. The number of carbonyl (C=O) groups is 3. The summed E-state index contributed by atoms with van der Waals surface area (Å²) in [7, 11) is -8.29. The number of hydrogen-bond acceptors (Lipinski definition) is 14. The van der Waals surface area contributed by atoms with Gasteiger partial charge in [0.05, 0.1) is 31.2 Å². The van der Waals surface area contributed by atoms with E-state index >= 15 is 0 Å². The molecule has 21 heteroatoms. The number of ether oxygens (including phenoxy) is 4. The molecule has 3 heterocycles. The average molecular weight is 772 g/mol. The van der Waals surface area contributed by atoms with Crippen molar-refractivity contribution >= 4 is 39.0 Å². The van der Waals surface area contributed by atoms with Crippen LogP contribution in [0.4, 0.5) is 0 Å². The second kappa shape index (κ2) is 16.4. The number of para-hydroxylation sites is 1. The predicted molar refractivity (Wildman–Crippen MR) is 179 cm³/mol. The second-order valence-corrected chi connectivity index (χ2v) is 15.6. The molecule has 1 aliphatic rings. The van der Waals surface area contributed by atoms with Crippen molar-refractivity contribution < 1.29 is 65.8 Å². The summed E-state index contributed by atoms with van der Waals surface area (Å²) in [6, 6.07) is 9.78. The minimum Gasteiger partial charge on any atom is -0.468 e. The van der Waals surface area contributed by atoms with Crippen LogP contribution in [0, 0.1) is 17.2 Å². The third kappa shape index (κ3) is 9.73. The number of phosphoric ester groups is 1. The molecule has 1 aliphatic heterocycles. The van der Waals surface area contributed by atoms with Crippen molar-refractivity contribution in [3.8, 4) is 5.75 Å². The molecular weight excluding hydrogens is 728 g/mol. The highest BCUT2D eigenvalue weighted by atomic mass is 31.2. The molecule has 19 nitrogen and oxygen atoms in total. The quantitative estimate of drug-likeness (QED) is 0.0928. The zero-order valence-electron chi connectivity index (χ0n) is 29.5. The van der Waals surface area contributed by atoms with E-state index in [0.29, 0.717) is 0 Å². The lowest BCUT2D eigenvalue weighted by Crippen LogP contribution is -2.49. The number of carbonyl (C=O) groups excluding carboxylic acids is 3. The molecule has 0 spiro atoms. The summed E-state index contributed by atoms with van der Waals surface area (Å²) >= 11 is 0. The van der Waals surface area contributed by atoms with Crippen LogP contribution in [0.15, 0.2) is 48.8 Å². The van der Waals surface area contributed by atoms with Crippen molar-refractivity contribution in [2.75, 3.05) is 13.7 Å². The Morgan fingerprint density at radius 1 is 0.981 bits per heavy atom. The summed E-state index contributed by atoms with van der Waals surface area (Å²) in [6.07, 6.45) is -3.05. The third-order valence-corrected chi connectivity index (χ3v) is 9.86. The number of methoxy groups -OCH3 is 1. The van der Waals surface area contributed by atoms with Crippen molar-refractivity contribution in [3.05, 3.63) is 60.0 Å². The van der Waals surface area contributed by atoms with E-state index in [0.717, 1.165) is 18.1 Å². The molecule has 0 amide bonds. The molecule has 0 bridgehead atoms. The number of aromatic nitrogens is 3. The van der Waals surface area contributed by atoms with E-state index in [1.54, 1.807) is 45.9 Å². The normalized spacial score (nSPS) is 22.2. The van der Waals surface area contributed by atoms with Gasteiger partial charge < -0.3 is 33.3 Å². The summed E-state index contributed by atoms with van der Waals surface area (Å²) in [5.74, 6) is -3.34. The molecule has 0 radical (unpaired) electrons. The van der Waals surface area contributed by atoms with E-state index in [9.17, 15) is 33.3 Å². The highest BCUT2D eigenvalue weighted by Crippen LogP contribution is 2.50. The minimum atomic E-state index is -4.97. The summed E-state index contributed by atoms with van der Waals surface area (Å²) in [5, 5.41) is 10.9. The molecule has 2 aromatic heterocycles. The van der Waals surface area contributed by atoms with Gasteiger partial charge in [-0.2, -0.15) is 5.09 Å². The zero-order chi connectivity index (χ0) is 38.6. The molecule has 0 saturated carbocycles. The number of rotatable bonds is 16. The van der Waals surface area contributed by atoms with Crippen LogP contribution in [0.2, 0.25) is 0 Å². The molecule has 286 valence electrons. The van der Waals surface area contributed by atoms with E-state index in [1.807, 2.05) is 0 Å². The van der Waals surface area contributed by atoms with Crippen LogP contribution in [0.25, 0.3) is 5.52 Å². The second-order valence-electron chi connectivity index (χ2n) is 12.7. The number of hydrogen-bond donors (Lipinski definition) is 4. The van der Waals surface area contributed by atoms with Crippen LogP contribution in [-0.2, 0) is 58.2 Å². The molecule has 0 unspecified atom stereocenters. The van der Waals surface area contributed by atoms with E-state index in [1.165, 1.54) is 42.6 Å². The summed E-state index contributed by atoms with van der Waals surface area (Å²) in [5.41, 5.74) is -1.69. The molecule has 1 aromatic carbocycles. The van der Waals surface area contributed by atoms with Gasteiger partial charge in [-0.3, -0.25) is 28.8 Å². The Morgan fingerprint density at radius 3 is 2.21 bits per heavy atom. The molecular formula is C31H43N5O14P2. The first kappa shape index (κ1) is 40.8. The Hall–Kier alpha value is -3.93. The van der Waals surface area contributed by atoms with Crippen LogP contribution in [0.3, 0.4) is 0 Å². The highest BCUT2D eigenvalue weighted by molar-refractivity contribution is 7.52. The lowest BCUT2D eigenvalue weighted by Gasteiger charge is -2.33. The van der Waals surface area contributed by atoms with Crippen molar-refractivity contribution in [2.24, 2.45) is 11.8 Å². The maximum Gasteiger partial charge on any atom is 0.471 e. The van der Waals surface area contributed by atoms with Gasteiger partial charge in [0.1, 0.15) is 35.3 Å². The van der Waals surface area contributed by atoms with E-state index in [-0.39, 0.29) is 22.4 Å².